The number of halogens is 1. The van der Waals surface area contributed by atoms with Crippen LogP contribution in [0.3, 0.4) is 0 Å². The largest absolute Gasteiger partial charge is 0.334 e. The Morgan fingerprint density at radius 3 is 2.80 bits per heavy atom. The molecule has 1 aliphatic carbocycles. The van der Waals surface area contributed by atoms with E-state index in [4.69, 9.17) is 4.52 Å². The first-order valence-electron chi connectivity index (χ1n) is 7.14. The fraction of sp³-hybridized carbons (Fsp3) is 0.467. The van der Waals surface area contributed by atoms with Crippen LogP contribution >= 0.6 is 0 Å². The highest BCUT2D eigenvalue weighted by Crippen LogP contribution is 2.21. The summed E-state index contributed by atoms with van der Waals surface area (Å²) in [6, 6.07) is 6.96. The summed E-state index contributed by atoms with van der Waals surface area (Å²) in [6.45, 7) is 0.572. The third-order valence-electron chi connectivity index (χ3n) is 3.73. The van der Waals surface area contributed by atoms with Crippen LogP contribution in [0.25, 0.3) is 11.5 Å². The first kappa shape index (κ1) is 13.2. The molecule has 1 aromatic carbocycles. The smallest absolute Gasteiger partial charge is 0.260 e. The average Bonchev–Trinajstić information content (AvgIpc) is 2.95. The van der Waals surface area contributed by atoms with Crippen LogP contribution in [0.15, 0.2) is 28.8 Å². The van der Waals surface area contributed by atoms with Crippen molar-refractivity contribution in [2.45, 2.75) is 44.7 Å². The van der Waals surface area contributed by atoms with Crippen LogP contribution in [0.4, 0.5) is 4.39 Å². The first-order chi connectivity index (χ1) is 9.83. The van der Waals surface area contributed by atoms with Crippen molar-refractivity contribution in [3.8, 4) is 11.5 Å². The van der Waals surface area contributed by atoms with E-state index >= 15 is 0 Å². The number of nitrogens with zero attached hydrogens (tertiary/aromatic N) is 2. The molecular weight excluding hydrogens is 257 g/mol. The lowest BCUT2D eigenvalue weighted by Crippen LogP contribution is -2.30. The van der Waals surface area contributed by atoms with Gasteiger partial charge in [-0.05, 0) is 25.0 Å². The molecule has 0 unspecified atom stereocenters. The van der Waals surface area contributed by atoms with Gasteiger partial charge in [-0.1, -0.05) is 36.6 Å². The molecule has 1 aliphatic rings. The van der Waals surface area contributed by atoms with E-state index in [-0.39, 0.29) is 11.7 Å². The van der Waals surface area contributed by atoms with Crippen LogP contribution in [0.5, 0.6) is 0 Å². The molecule has 0 aliphatic heterocycles. The Kier molecular flexibility index (Phi) is 4.06. The summed E-state index contributed by atoms with van der Waals surface area (Å²) in [5.74, 6) is 0.473. The zero-order chi connectivity index (χ0) is 13.8. The Morgan fingerprint density at radius 1 is 1.20 bits per heavy atom. The second-order valence-electron chi connectivity index (χ2n) is 5.21. The van der Waals surface area contributed by atoms with E-state index in [1.54, 1.807) is 18.2 Å². The Bertz CT molecular complexity index is 564. The summed E-state index contributed by atoms with van der Waals surface area (Å²) in [5.41, 5.74) is 0.351. The van der Waals surface area contributed by atoms with Crippen molar-refractivity contribution in [2.24, 2.45) is 0 Å². The van der Waals surface area contributed by atoms with Gasteiger partial charge in [-0.15, -0.1) is 0 Å². The first-order valence-corrected chi connectivity index (χ1v) is 7.14. The lowest BCUT2D eigenvalue weighted by atomic mass is 9.95. The topological polar surface area (TPSA) is 51.0 Å². The molecular formula is C15H18FN3O. The van der Waals surface area contributed by atoms with E-state index in [2.05, 4.69) is 15.5 Å². The lowest BCUT2D eigenvalue weighted by Gasteiger charge is -2.21. The zero-order valence-corrected chi connectivity index (χ0v) is 11.3. The Hall–Kier alpha value is -1.75. The van der Waals surface area contributed by atoms with Gasteiger partial charge in [-0.2, -0.15) is 4.98 Å². The van der Waals surface area contributed by atoms with Crippen LogP contribution in [0.2, 0.25) is 0 Å². The Labute approximate surface area is 117 Å². The molecule has 1 aromatic heterocycles. The van der Waals surface area contributed by atoms with Crippen LogP contribution < -0.4 is 5.32 Å². The molecule has 0 bridgehead atoms. The molecule has 1 fully saturated rings. The minimum atomic E-state index is -0.345. The molecule has 0 radical (unpaired) electrons. The van der Waals surface area contributed by atoms with Crippen LogP contribution in [-0.2, 0) is 6.54 Å². The summed E-state index contributed by atoms with van der Waals surface area (Å²) < 4.78 is 18.7. The van der Waals surface area contributed by atoms with Crippen molar-refractivity contribution in [2.75, 3.05) is 0 Å². The molecule has 1 N–H and O–H groups in total. The van der Waals surface area contributed by atoms with Crippen LogP contribution in [0, 0.1) is 5.82 Å². The number of aromatic nitrogens is 2. The van der Waals surface area contributed by atoms with E-state index in [9.17, 15) is 4.39 Å². The average molecular weight is 275 g/mol. The van der Waals surface area contributed by atoms with Gasteiger partial charge in [-0.25, -0.2) is 4.39 Å². The number of hydrogen-bond acceptors (Lipinski definition) is 4. The van der Waals surface area contributed by atoms with Crippen molar-refractivity contribution in [1.82, 2.24) is 15.5 Å². The van der Waals surface area contributed by atoms with Gasteiger partial charge in [0.2, 0.25) is 0 Å². The molecule has 0 atom stereocenters. The molecule has 2 aromatic rings. The normalized spacial score (nSPS) is 16.4. The summed E-state index contributed by atoms with van der Waals surface area (Å²) in [6.07, 6.45) is 6.31. The third kappa shape index (κ3) is 3.04. The Morgan fingerprint density at radius 2 is 2.00 bits per heavy atom. The van der Waals surface area contributed by atoms with Gasteiger partial charge in [0.15, 0.2) is 5.82 Å². The molecule has 0 amide bonds. The van der Waals surface area contributed by atoms with Crippen molar-refractivity contribution in [1.29, 1.82) is 0 Å². The molecule has 1 saturated carbocycles. The third-order valence-corrected chi connectivity index (χ3v) is 3.73. The SMILES string of the molecule is Fc1ccccc1-c1nc(CNC2CCCCC2)no1. The summed E-state index contributed by atoms with van der Waals surface area (Å²) >= 11 is 0. The maximum absolute atomic E-state index is 13.6. The highest BCUT2D eigenvalue weighted by molar-refractivity contribution is 5.53. The van der Waals surface area contributed by atoms with Gasteiger partial charge in [-0.3, -0.25) is 0 Å². The predicted molar refractivity (Wildman–Crippen MR) is 73.4 cm³/mol. The van der Waals surface area contributed by atoms with E-state index < -0.39 is 0 Å². The number of rotatable bonds is 4. The highest BCUT2D eigenvalue weighted by Gasteiger charge is 2.15. The molecule has 4 nitrogen and oxygen atoms in total. The van der Waals surface area contributed by atoms with Crippen molar-refractivity contribution in [3.05, 3.63) is 35.9 Å². The lowest BCUT2D eigenvalue weighted by molar-refractivity contribution is 0.362. The molecule has 3 rings (SSSR count). The molecule has 0 saturated heterocycles. The van der Waals surface area contributed by atoms with Crippen LogP contribution in [0.1, 0.15) is 37.9 Å². The van der Waals surface area contributed by atoms with Gasteiger partial charge in [0, 0.05) is 6.04 Å². The minimum absolute atomic E-state index is 0.239. The number of nitrogens with one attached hydrogen (secondary N) is 1. The maximum Gasteiger partial charge on any atom is 0.260 e. The van der Waals surface area contributed by atoms with Crippen molar-refractivity contribution in [3.63, 3.8) is 0 Å². The van der Waals surface area contributed by atoms with E-state index in [0.717, 1.165) is 0 Å². The van der Waals surface area contributed by atoms with Gasteiger partial charge < -0.3 is 9.84 Å². The summed E-state index contributed by atoms with van der Waals surface area (Å²) in [7, 11) is 0. The molecule has 0 spiro atoms. The predicted octanol–water partition coefficient (Wildman–Crippen LogP) is 3.30. The second kappa shape index (κ2) is 6.13. The molecule has 1 heterocycles. The fourth-order valence-corrected chi connectivity index (χ4v) is 2.61. The molecule has 20 heavy (non-hydrogen) atoms. The van der Waals surface area contributed by atoms with Gasteiger partial charge in [0.1, 0.15) is 5.82 Å². The van der Waals surface area contributed by atoms with Crippen molar-refractivity contribution >= 4 is 0 Å². The summed E-state index contributed by atoms with van der Waals surface area (Å²) in [5, 5.41) is 7.34. The minimum Gasteiger partial charge on any atom is -0.334 e. The van der Waals surface area contributed by atoms with Gasteiger partial charge in [0.05, 0.1) is 12.1 Å². The summed E-state index contributed by atoms with van der Waals surface area (Å²) in [4.78, 5) is 4.25. The molecule has 106 valence electrons. The van der Waals surface area contributed by atoms with Crippen LogP contribution in [-0.4, -0.2) is 16.2 Å². The standard InChI is InChI=1S/C15H18FN3O/c16-13-9-5-4-8-12(13)15-18-14(19-20-15)10-17-11-6-2-1-3-7-11/h4-5,8-9,11,17H,1-3,6-7,10H2. The van der Waals surface area contributed by atoms with Gasteiger partial charge >= 0.3 is 0 Å². The van der Waals surface area contributed by atoms with E-state index in [0.29, 0.717) is 24.0 Å². The van der Waals surface area contributed by atoms with Gasteiger partial charge in [0.25, 0.3) is 5.89 Å². The molecule has 5 heteroatoms. The highest BCUT2D eigenvalue weighted by atomic mass is 19.1. The number of hydrogen-bond donors (Lipinski definition) is 1. The zero-order valence-electron chi connectivity index (χ0n) is 11.3. The fourth-order valence-electron chi connectivity index (χ4n) is 2.61. The van der Waals surface area contributed by atoms with Crippen molar-refractivity contribution < 1.29 is 8.91 Å². The monoisotopic (exact) mass is 275 g/mol. The Balaban J connectivity index is 1.63. The maximum atomic E-state index is 13.6. The number of benzene rings is 1. The second-order valence-corrected chi connectivity index (χ2v) is 5.21. The van der Waals surface area contributed by atoms with E-state index in [1.165, 1.54) is 38.2 Å². The van der Waals surface area contributed by atoms with E-state index in [1.807, 2.05) is 0 Å². The quantitative estimate of drug-likeness (QED) is 0.930.